The second-order valence-corrected chi connectivity index (χ2v) is 5.47. The minimum absolute atomic E-state index is 0.490. The first-order chi connectivity index (χ1) is 9.18. The van der Waals surface area contributed by atoms with Crippen LogP contribution >= 0.6 is 15.9 Å². The number of aryl methyl sites for hydroxylation is 1. The molecule has 0 aliphatic rings. The summed E-state index contributed by atoms with van der Waals surface area (Å²) in [6.45, 7) is 0. The van der Waals surface area contributed by atoms with E-state index in [9.17, 15) is 4.79 Å². The van der Waals surface area contributed by atoms with Gasteiger partial charge in [0.15, 0.2) is 0 Å². The average molecular weight is 319 g/mol. The van der Waals surface area contributed by atoms with Crippen molar-refractivity contribution < 1.29 is 9.90 Å². The summed E-state index contributed by atoms with van der Waals surface area (Å²) in [6.07, 6.45) is 1.33. The Morgan fingerprint density at radius 2 is 1.68 bits per heavy atom. The molecule has 0 aliphatic heterocycles. The van der Waals surface area contributed by atoms with Gasteiger partial charge in [-0.1, -0.05) is 70.5 Å². The summed E-state index contributed by atoms with van der Waals surface area (Å²) >= 11 is 3.18. The molecule has 0 spiro atoms. The maximum atomic E-state index is 10.8. The standard InChI is InChI=1S/C16H15BrO2/c17-15(16(18)19)11-10-13-8-4-5-9-14(13)12-6-2-1-3-7-12/h1-9,15H,10-11H2,(H,18,19). The molecule has 0 aliphatic carbocycles. The number of rotatable bonds is 5. The smallest absolute Gasteiger partial charge is 0.317 e. The van der Waals surface area contributed by atoms with E-state index < -0.39 is 10.8 Å². The zero-order valence-electron chi connectivity index (χ0n) is 10.4. The molecule has 2 nitrogen and oxygen atoms in total. The second kappa shape index (κ2) is 6.53. The van der Waals surface area contributed by atoms with E-state index >= 15 is 0 Å². The van der Waals surface area contributed by atoms with Crippen molar-refractivity contribution in [1.29, 1.82) is 0 Å². The van der Waals surface area contributed by atoms with Gasteiger partial charge in [-0.3, -0.25) is 4.79 Å². The van der Waals surface area contributed by atoms with E-state index in [0.717, 1.165) is 6.42 Å². The first kappa shape index (κ1) is 13.8. The first-order valence-electron chi connectivity index (χ1n) is 6.18. The van der Waals surface area contributed by atoms with Crippen LogP contribution in [0.3, 0.4) is 0 Å². The van der Waals surface area contributed by atoms with E-state index in [4.69, 9.17) is 5.11 Å². The molecule has 1 atom stereocenters. The molecule has 98 valence electrons. The monoisotopic (exact) mass is 318 g/mol. The number of hydrogen-bond acceptors (Lipinski definition) is 1. The van der Waals surface area contributed by atoms with Gasteiger partial charge in [-0.2, -0.15) is 0 Å². The lowest BCUT2D eigenvalue weighted by molar-refractivity contribution is -0.136. The number of carboxylic acid groups (broad SMARTS) is 1. The maximum Gasteiger partial charge on any atom is 0.317 e. The van der Waals surface area contributed by atoms with Gasteiger partial charge in [0, 0.05) is 0 Å². The van der Waals surface area contributed by atoms with Gasteiger partial charge in [-0.05, 0) is 29.5 Å². The van der Waals surface area contributed by atoms with Crippen LogP contribution in [0.4, 0.5) is 0 Å². The van der Waals surface area contributed by atoms with Crippen LogP contribution in [0.2, 0.25) is 0 Å². The van der Waals surface area contributed by atoms with Crippen LogP contribution in [-0.4, -0.2) is 15.9 Å². The Balaban J connectivity index is 2.20. The molecule has 2 aromatic carbocycles. The summed E-state index contributed by atoms with van der Waals surface area (Å²) in [7, 11) is 0. The molecule has 0 aromatic heterocycles. The van der Waals surface area contributed by atoms with E-state index in [-0.39, 0.29) is 0 Å². The summed E-state index contributed by atoms with van der Waals surface area (Å²) in [5, 5.41) is 8.90. The van der Waals surface area contributed by atoms with Crippen LogP contribution in [0.1, 0.15) is 12.0 Å². The highest BCUT2D eigenvalue weighted by Gasteiger charge is 2.13. The molecule has 0 saturated carbocycles. The largest absolute Gasteiger partial charge is 0.480 e. The quantitative estimate of drug-likeness (QED) is 0.841. The van der Waals surface area contributed by atoms with Gasteiger partial charge < -0.3 is 5.11 Å². The lowest BCUT2D eigenvalue weighted by Crippen LogP contribution is -2.13. The van der Waals surface area contributed by atoms with Gasteiger partial charge >= 0.3 is 5.97 Å². The van der Waals surface area contributed by atoms with Crippen LogP contribution in [0.25, 0.3) is 11.1 Å². The molecule has 3 heteroatoms. The predicted molar refractivity (Wildman–Crippen MR) is 80.5 cm³/mol. The van der Waals surface area contributed by atoms with E-state index in [0.29, 0.717) is 6.42 Å². The van der Waals surface area contributed by atoms with Crippen molar-refractivity contribution >= 4 is 21.9 Å². The molecule has 0 bridgehead atoms. The van der Waals surface area contributed by atoms with Crippen molar-refractivity contribution in [2.75, 3.05) is 0 Å². The Hall–Kier alpha value is -1.61. The average Bonchev–Trinajstić information content (AvgIpc) is 2.46. The minimum atomic E-state index is -0.808. The molecule has 0 saturated heterocycles. The third-order valence-electron chi connectivity index (χ3n) is 3.04. The van der Waals surface area contributed by atoms with Crippen LogP contribution in [-0.2, 0) is 11.2 Å². The highest BCUT2D eigenvalue weighted by molar-refractivity contribution is 9.10. The van der Waals surface area contributed by atoms with Crippen molar-refractivity contribution in [3.05, 3.63) is 60.2 Å². The fourth-order valence-corrected chi connectivity index (χ4v) is 2.27. The van der Waals surface area contributed by atoms with Crippen LogP contribution in [0.5, 0.6) is 0 Å². The zero-order valence-corrected chi connectivity index (χ0v) is 12.0. The molecule has 0 fully saturated rings. The molecule has 0 heterocycles. The lowest BCUT2D eigenvalue weighted by Gasteiger charge is -2.10. The van der Waals surface area contributed by atoms with E-state index in [1.165, 1.54) is 16.7 Å². The minimum Gasteiger partial charge on any atom is -0.480 e. The fourth-order valence-electron chi connectivity index (χ4n) is 2.04. The Morgan fingerprint density at radius 3 is 2.37 bits per heavy atom. The molecule has 1 N–H and O–H groups in total. The first-order valence-corrected chi connectivity index (χ1v) is 7.10. The van der Waals surface area contributed by atoms with Gasteiger partial charge in [0.2, 0.25) is 0 Å². The van der Waals surface area contributed by atoms with Gasteiger partial charge in [0.05, 0.1) is 0 Å². The Morgan fingerprint density at radius 1 is 1.05 bits per heavy atom. The van der Waals surface area contributed by atoms with Gasteiger partial charge in [-0.15, -0.1) is 0 Å². The molecule has 0 amide bonds. The van der Waals surface area contributed by atoms with Crippen molar-refractivity contribution in [2.24, 2.45) is 0 Å². The number of halogens is 1. The van der Waals surface area contributed by atoms with Crippen LogP contribution in [0.15, 0.2) is 54.6 Å². The molecule has 0 radical (unpaired) electrons. The molecule has 2 aromatic rings. The normalized spacial score (nSPS) is 12.1. The Labute approximate surface area is 121 Å². The molecule has 1 unspecified atom stereocenters. The van der Waals surface area contributed by atoms with Crippen molar-refractivity contribution in [3.8, 4) is 11.1 Å². The second-order valence-electron chi connectivity index (χ2n) is 4.37. The van der Waals surface area contributed by atoms with Crippen LogP contribution < -0.4 is 0 Å². The topological polar surface area (TPSA) is 37.3 Å². The number of carbonyl (C=O) groups is 1. The number of carboxylic acids is 1. The lowest BCUT2D eigenvalue weighted by atomic mass is 9.96. The van der Waals surface area contributed by atoms with Crippen LogP contribution in [0, 0.1) is 0 Å². The molecule has 2 rings (SSSR count). The molecule has 19 heavy (non-hydrogen) atoms. The van der Waals surface area contributed by atoms with E-state index in [1.54, 1.807) is 0 Å². The van der Waals surface area contributed by atoms with Crippen molar-refractivity contribution in [2.45, 2.75) is 17.7 Å². The highest BCUT2D eigenvalue weighted by atomic mass is 79.9. The fraction of sp³-hybridized carbons (Fsp3) is 0.188. The summed E-state index contributed by atoms with van der Waals surface area (Å²) in [4.78, 5) is 10.3. The Kier molecular flexibility index (Phi) is 4.74. The van der Waals surface area contributed by atoms with E-state index in [1.807, 2.05) is 30.3 Å². The zero-order chi connectivity index (χ0) is 13.7. The molecular formula is C16H15BrO2. The number of benzene rings is 2. The molecular weight excluding hydrogens is 304 g/mol. The highest BCUT2D eigenvalue weighted by Crippen LogP contribution is 2.25. The summed E-state index contributed by atoms with van der Waals surface area (Å²) in [6, 6.07) is 18.3. The number of aliphatic carboxylic acids is 1. The van der Waals surface area contributed by atoms with Crippen molar-refractivity contribution in [3.63, 3.8) is 0 Å². The van der Waals surface area contributed by atoms with Crippen molar-refractivity contribution in [1.82, 2.24) is 0 Å². The third kappa shape index (κ3) is 3.67. The third-order valence-corrected chi connectivity index (χ3v) is 3.89. The van der Waals surface area contributed by atoms with Gasteiger partial charge in [0.25, 0.3) is 0 Å². The summed E-state index contributed by atoms with van der Waals surface area (Å²) in [5.41, 5.74) is 3.52. The van der Waals surface area contributed by atoms with Gasteiger partial charge in [0.1, 0.15) is 4.83 Å². The predicted octanol–water partition coefficient (Wildman–Crippen LogP) is 4.13. The summed E-state index contributed by atoms with van der Waals surface area (Å²) in [5.74, 6) is -0.808. The Bertz CT molecular complexity index is 552. The van der Waals surface area contributed by atoms with Gasteiger partial charge in [-0.25, -0.2) is 0 Å². The van der Waals surface area contributed by atoms with E-state index in [2.05, 4.69) is 40.2 Å². The number of hydrogen-bond donors (Lipinski definition) is 1. The number of alkyl halides is 1. The maximum absolute atomic E-state index is 10.8. The summed E-state index contributed by atoms with van der Waals surface area (Å²) < 4.78 is 0. The SMILES string of the molecule is O=C(O)C(Br)CCc1ccccc1-c1ccccc1.